The van der Waals surface area contributed by atoms with Crippen molar-refractivity contribution in [1.82, 2.24) is 15.0 Å². The van der Waals surface area contributed by atoms with E-state index in [0.29, 0.717) is 22.2 Å². The van der Waals surface area contributed by atoms with E-state index in [0.717, 1.165) is 11.1 Å². The number of carboxylic acids is 1. The summed E-state index contributed by atoms with van der Waals surface area (Å²) in [7, 11) is 1.57. The van der Waals surface area contributed by atoms with Crippen LogP contribution in [0.5, 0.6) is 5.75 Å². The topological polar surface area (TPSA) is 77.2 Å². The molecule has 0 saturated carbocycles. The van der Waals surface area contributed by atoms with Gasteiger partial charge in [-0.3, -0.25) is 4.79 Å². The number of ether oxygens (including phenoxy) is 1. The Morgan fingerprint density at radius 2 is 1.97 bits per heavy atom. The van der Waals surface area contributed by atoms with Crippen molar-refractivity contribution in [3.63, 3.8) is 0 Å². The summed E-state index contributed by atoms with van der Waals surface area (Å²) in [6.45, 7) is 2.05. The van der Waals surface area contributed by atoms with Gasteiger partial charge in [0, 0.05) is 18.8 Å². The van der Waals surface area contributed by atoms with Crippen LogP contribution in [-0.2, 0) is 17.7 Å². The molecule has 30 heavy (non-hydrogen) atoms. The van der Waals surface area contributed by atoms with Crippen LogP contribution in [0, 0.1) is 12.3 Å². The van der Waals surface area contributed by atoms with E-state index in [1.165, 1.54) is 10.7 Å². The summed E-state index contributed by atoms with van der Waals surface area (Å²) in [5, 5.41) is 17.8. The van der Waals surface area contributed by atoms with Crippen molar-refractivity contribution in [1.29, 1.82) is 0 Å². The number of halogens is 3. The van der Waals surface area contributed by atoms with Crippen LogP contribution >= 0.6 is 11.6 Å². The van der Waals surface area contributed by atoms with Gasteiger partial charge in [-0.15, -0.1) is 16.7 Å². The van der Waals surface area contributed by atoms with Crippen molar-refractivity contribution in [3.05, 3.63) is 52.6 Å². The number of aliphatic carboxylic acids is 1. The minimum Gasteiger partial charge on any atom is -0.481 e. The molecule has 0 aliphatic rings. The smallest absolute Gasteiger partial charge is 0.387 e. The zero-order valence-corrected chi connectivity index (χ0v) is 17.7. The van der Waals surface area contributed by atoms with Crippen molar-refractivity contribution in [3.8, 4) is 5.75 Å². The highest BCUT2D eigenvalue weighted by atomic mass is 35.5. The summed E-state index contributed by atoms with van der Waals surface area (Å²) in [5.74, 6) is -1.55. The van der Waals surface area contributed by atoms with Gasteiger partial charge in [0.05, 0.1) is 5.41 Å². The van der Waals surface area contributed by atoms with Crippen LogP contribution in [0.15, 0.2) is 30.3 Å². The van der Waals surface area contributed by atoms with E-state index in [2.05, 4.69) is 10.3 Å². The predicted octanol–water partition coefficient (Wildman–Crippen LogP) is 4.86. The number of alkyl halides is 3. The molecule has 0 aliphatic carbocycles. The average Bonchev–Trinajstić information content (AvgIpc) is 3.03. The first-order chi connectivity index (χ1) is 14.1. The largest absolute Gasteiger partial charge is 0.481 e. The number of carboxylic acid groups (broad SMARTS) is 1. The van der Waals surface area contributed by atoms with Gasteiger partial charge in [-0.25, -0.2) is 4.68 Å². The molecule has 160 valence electrons. The van der Waals surface area contributed by atoms with Gasteiger partial charge < -0.3 is 9.84 Å². The SMILES string of the molecule is Cc1ccc(C(c2cc(OC(F)F)c3c(c2)nnn3C)C(C)(C)C(=O)O)cc1CCl. The van der Waals surface area contributed by atoms with Crippen molar-refractivity contribution in [2.75, 3.05) is 0 Å². The highest BCUT2D eigenvalue weighted by Gasteiger charge is 2.40. The number of hydrogen-bond acceptors (Lipinski definition) is 4. The van der Waals surface area contributed by atoms with E-state index >= 15 is 0 Å². The van der Waals surface area contributed by atoms with Gasteiger partial charge in [-0.1, -0.05) is 23.4 Å². The molecule has 0 aliphatic heterocycles. The van der Waals surface area contributed by atoms with Gasteiger partial charge in [0.25, 0.3) is 0 Å². The second-order valence-corrected chi connectivity index (χ2v) is 8.02. The van der Waals surface area contributed by atoms with Crippen molar-refractivity contribution in [2.45, 2.75) is 39.2 Å². The Hall–Kier alpha value is -2.74. The number of aryl methyl sites for hydroxylation is 2. The molecule has 3 rings (SSSR count). The second kappa shape index (κ2) is 8.18. The Kier molecular flexibility index (Phi) is 5.99. The zero-order chi connectivity index (χ0) is 22.2. The quantitative estimate of drug-likeness (QED) is 0.534. The number of nitrogens with zero attached hydrogens (tertiary/aromatic N) is 3. The maximum absolute atomic E-state index is 13.1. The molecule has 1 unspecified atom stereocenters. The average molecular weight is 438 g/mol. The van der Waals surface area contributed by atoms with E-state index in [9.17, 15) is 18.7 Å². The van der Waals surface area contributed by atoms with Crippen LogP contribution in [0.1, 0.15) is 42.0 Å². The van der Waals surface area contributed by atoms with Crippen LogP contribution in [0.4, 0.5) is 8.78 Å². The normalized spacial score (nSPS) is 13.1. The first-order valence-corrected chi connectivity index (χ1v) is 9.76. The molecule has 0 bridgehead atoms. The summed E-state index contributed by atoms with van der Waals surface area (Å²) >= 11 is 6.05. The van der Waals surface area contributed by atoms with E-state index < -0.39 is 23.9 Å². The molecule has 1 N–H and O–H groups in total. The van der Waals surface area contributed by atoms with E-state index in [4.69, 9.17) is 16.3 Å². The molecule has 6 nitrogen and oxygen atoms in total. The third kappa shape index (κ3) is 3.96. The first-order valence-electron chi connectivity index (χ1n) is 9.23. The van der Waals surface area contributed by atoms with Crippen LogP contribution in [-0.4, -0.2) is 32.7 Å². The maximum atomic E-state index is 13.1. The van der Waals surface area contributed by atoms with Crippen molar-refractivity contribution >= 4 is 28.6 Å². The highest BCUT2D eigenvalue weighted by molar-refractivity contribution is 6.17. The predicted molar refractivity (Wildman–Crippen MR) is 109 cm³/mol. The molecule has 0 fully saturated rings. The molecule has 1 aromatic heterocycles. The number of hydrogen-bond donors (Lipinski definition) is 1. The Morgan fingerprint density at radius 1 is 1.27 bits per heavy atom. The minimum absolute atomic E-state index is 0.110. The number of fused-ring (bicyclic) bond motifs is 1. The molecule has 2 aromatic carbocycles. The maximum Gasteiger partial charge on any atom is 0.387 e. The molecular formula is C21H22ClF2N3O3. The number of carbonyl (C=O) groups is 1. The summed E-state index contributed by atoms with van der Waals surface area (Å²) in [5.41, 5.74) is 2.40. The van der Waals surface area contributed by atoms with Crippen LogP contribution in [0.25, 0.3) is 11.0 Å². The lowest BCUT2D eigenvalue weighted by Crippen LogP contribution is -2.32. The van der Waals surface area contributed by atoms with Gasteiger partial charge in [0.1, 0.15) is 11.0 Å². The number of benzene rings is 2. The van der Waals surface area contributed by atoms with Gasteiger partial charge in [-0.05, 0) is 55.2 Å². The van der Waals surface area contributed by atoms with Crippen LogP contribution in [0.2, 0.25) is 0 Å². The Morgan fingerprint density at radius 3 is 2.57 bits per heavy atom. The molecule has 3 aromatic rings. The molecule has 0 radical (unpaired) electrons. The van der Waals surface area contributed by atoms with Gasteiger partial charge in [-0.2, -0.15) is 8.78 Å². The molecule has 0 spiro atoms. The fourth-order valence-corrected chi connectivity index (χ4v) is 3.98. The monoisotopic (exact) mass is 437 g/mol. The minimum atomic E-state index is -3.05. The number of rotatable bonds is 7. The van der Waals surface area contributed by atoms with E-state index in [-0.39, 0.29) is 11.6 Å². The lowest BCUT2D eigenvalue weighted by atomic mass is 9.70. The highest BCUT2D eigenvalue weighted by Crippen LogP contribution is 2.44. The fourth-order valence-electron chi connectivity index (χ4n) is 3.69. The lowest BCUT2D eigenvalue weighted by molar-refractivity contribution is -0.147. The first kappa shape index (κ1) is 22.0. The molecule has 1 atom stereocenters. The fraction of sp³-hybridized carbons (Fsp3) is 0.381. The summed E-state index contributed by atoms with van der Waals surface area (Å²) in [6.07, 6.45) is 0. The molecular weight excluding hydrogens is 416 g/mol. The summed E-state index contributed by atoms with van der Waals surface area (Å²) in [4.78, 5) is 12.2. The van der Waals surface area contributed by atoms with Gasteiger partial charge in [0.2, 0.25) is 0 Å². The molecule has 0 amide bonds. The van der Waals surface area contributed by atoms with Crippen LogP contribution in [0.3, 0.4) is 0 Å². The molecule has 0 saturated heterocycles. The zero-order valence-electron chi connectivity index (χ0n) is 17.0. The van der Waals surface area contributed by atoms with Gasteiger partial charge >= 0.3 is 12.6 Å². The Labute approximate surface area is 177 Å². The summed E-state index contributed by atoms with van der Waals surface area (Å²) < 4.78 is 32.2. The second-order valence-electron chi connectivity index (χ2n) is 7.76. The van der Waals surface area contributed by atoms with Crippen molar-refractivity contribution in [2.24, 2.45) is 12.5 Å². The van der Waals surface area contributed by atoms with Crippen molar-refractivity contribution < 1.29 is 23.4 Å². The number of aromatic nitrogens is 3. The Bertz CT molecular complexity index is 1100. The van der Waals surface area contributed by atoms with Gasteiger partial charge in [0.15, 0.2) is 5.75 Å². The summed E-state index contributed by atoms with van der Waals surface area (Å²) in [6, 6.07) is 8.65. The molecule has 9 heteroatoms. The lowest BCUT2D eigenvalue weighted by Gasteiger charge is -2.32. The van der Waals surface area contributed by atoms with E-state index in [1.54, 1.807) is 27.0 Å². The van der Waals surface area contributed by atoms with E-state index in [1.807, 2.05) is 25.1 Å². The molecule has 1 heterocycles. The third-order valence-corrected chi connectivity index (χ3v) is 5.65. The standard InChI is InChI=1S/C21H22ClF2N3O3/c1-11-5-6-12(7-14(11)10-22)17(21(2,3)19(28)29)13-8-15-18(27(4)26-25-15)16(9-13)30-20(23)24/h5-9,17,20H,10H2,1-4H3,(H,28,29). The van der Waals surface area contributed by atoms with Crippen LogP contribution < -0.4 is 4.74 Å². The Balaban J connectivity index is 2.29. The third-order valence-electron chi connectivity index (χ3n) is 5.36.